The molecule has 0 saturated carbocycles. The Morgan fingerprint density at radius 2 is 1.04 bits per heavy atom. The van der Waals surface area contributed by atoms with E-state index in [1.807, 2.05) is 24.3 Å². The number of rotatable bonds is 2. The highest BCUT2D eigenvalue weighted by Crippen LogP contribution is 2.26. The second kappa shape index (κ2) is 8.58. The van der Waals surface area contributed by atoms with Crippen LogP contribution in [0.5, 0.6) is 23.0 Å². The second-order valence-electron chi connectivity index (χ2n) is 5.82. The maximum Gasteiger partial charge on any atom is 0.161 e. The lowest BCUT2D eigenvalue weighted by Gasteiger charge is -2.03. The number of benzene rings is 3. The van der Waals surface area contributed by atoms with Crippen molar-refractivity contribution in [1.29, 1.82) is 0 Å². The molecular weight excluding hydrogens is 352 g/mol. The van der Waals surface area contributed by atoms with E-state index in [0.717, 1.165) is 22.3 Å². The van der Waals surface area contributed by atoms with Gasteiger partial charge in [-0.2, -0.15) is 0 Å². The quantitative estimate of drug-likeness (QED) is 0.672. The van der Waals surface area contributed by atoms with E-state index in [2.05, 4.69) is 23.7 Å². The van der Waals surface area contributed by atoms with Crippen LogP contribution >= 0.6 is 0 Å². The van der Waals surface area contributed by atoms with Crippen molar-refractivity contribution in [2.45, 2.75) is 0 Å². The van der Waals surface area contributed by atoms with E-state index in [9.17, 15) is 10.2 Å². The highest BCUT2D eigenvalue weighted by atomic mass is 16.5. The maximum absolute atomic E-state index is 9.68. The van der Waals surface area contributed by atoms with E-state index in [1.165, 1.54) is 14.2 Å². The Bertz CT molecular complexity index is 1030. The summed E-state index contributed by atoms with van der Waals surface area (Å²) in [6, 6.07) is 17.5. The monoisotopic (exact) mass is 370 g/mol. The number of ether oxygens (including phenoxy) is 2. The van der Waals surface area contributed by atoms with Crippen molar-refractivity contribution in [2.75, 3.05) is 14.2 Å². The highest BCUT2D eigenvalue weighted by Gasteiger charge is 2.02. The summed E-state index contributed by atoms with van der Waals surface area (Å²) in [4.78, 5) is 0. The van der Waals surface area contributed by atoms with E-state index < -0.39 is 0 Å². The molecule has 3 aromatic carbocycles. The van der Waals surface area contributed by atoms with E-state index in [0.29, 0.717) is 11.5 Å². The maximum atomic E-state index is 9.68. The van der Waals surface area contributed by atoms with Crippen LogP contribution in [0, 0.1) is 23.7 Å². The van der Waals surface area contributed by atoms with Crippen LogP contribution in [0.4, 0.5) is 0 Å². The lowest BCUT2D eigenvalue weighted by Crippen LogP contribution is -1.86. The molecule has 0 aromatic heterocycles. The van der Waals surface area contributed by atoms with Crippen LogP contribution in [0.1, 0.15) is 22.3 Å². The Labute approximate surface area is 164 Å². The van der Waals surface area contributed by atoms with E-state index in [4.69, 9.17) is 9.47 Å². The number of hydrogen-bond donors (Lipinski definition) is 2. The van der Waals surface area contributed by atoms with Crippen molar-refractivity contribution in [3.63, 3.8) is 0 Å². The molecule has 28 heavy (non-hydrogen) atoms. The number of phenols is 2. The van der Waals surface area contributed by atoms with Crippen molar-refractivity contribution in [3.05, 3.63) is 82.9 Å². The first-order chi connectivity index (χ1) is 13.6. The van der Waals surface area contributed by atoms with Gasteiger partial charge in [0.2, 0.25) is 0 Å². The molecule has 138 valence electrons. The third-order valence-corrected chi connectivity index (χ3v) is 3.97. The molecule has 3 aromatic rings. The molecule has 0 saturated heterocycles. The van der Waals surface area contributed by atoms with Crippen LogP contribution in [-0.4, -0.2) is 24.4 Å². The van der Waals surface area contributed by atoms with Crippen molar-refractivity contribution >= 4 is 0 Å². The lowest BCUT2D eigenvalue weighted by molar-refractivity contribution is 0.373. The summed E-state index contributed by atoms with van der Waals surface area (Å²) in [5, 5.41) is 19.4. The molecule has 4 heteroatoms. The minimum atomic E-state index is 0.0728. The van der Waals surface area contributed by atoms with Gasteiger partial charge in [-0.25, -0.2) is 0 Å². The Balaban J connectivity index is 1.92. The first kappa shape index (κ1) is 18.8. The van der Waals surface area contributed by atoms with Gasteiger partial charge in [-0.3, -0.25) is 0 Å². The molecule has 4 nitrogen and oxygen atoms in total. The van der Waals surface area contributed by atoms with Gasteiger partial charge in [-0.15, -0.1) is 0 Å². The Hall–Kier alpha value is -4.02. The van der Waals surface area contributed by atoms with Gasteiger partial charge in [0.25, 0.3) is 0 Å². The lowest BCUT2D eigenvalue weighted by atomic mass is 10.1. The minimum Gasteiger partial charge on any atom is -0.504 e. The average molecular weight is 370 g/mol. The van der Waals surface area contributed by atoms with Gasteiger partial charge < -0.3 is 19.7 Å². The minimum absolute atomic E-state index is 0.0728. The smallest absolute Gasteiger partial charge is 0.161 e. The van der Waals surface area contributed by atoms with E-state index >= 15 is 0 Å². The molecule has 0 aliphatic carbocycles. The van der Waals surface area contributed by atoms with Crippen molar-refractivity contribution in [1.82, 2.24) is 0 Å². The highest BCUT2D eigenvalue weighted by molar-refractivity contribution is 5.56. The zero-order valence-corrected chi connectivity index (χ0v) is 15.5. The van der Waals surface area contributed by atoms with Crippen LogP contribution in [0.2, 0.25) is 0 Å². The fourth-order valence-corrected chi connectivity index (χ4v) is 2.49. The number of aromatic hydroxyl groups is 2. The summed E-state index contributed by atoms with van der Waals surface area (Å²) >= 11 is 0. The van der Waals surface area contributed by atoms with Crippen molar-refractivity contribution < 1.29 is 19.7 Å². The van der Waals surface area contributed by atoms with Gasteiger partial charge in [0.05, 0.1) is 14.2 Å². The summed E-state index contributed by atoms with van der Waals surface area (Å²) in [6.45, 7) is 0. The molecule has 0 amide bonds. The molecule has 0 spiro atoms. The molecule has 0 aliphatic rings. The van der Waals surface area contributed by atoms with Crippen LogP contribution < -0.4 is 9.47 Å². The number of methoxy groups -OCH3 is 2. The molecule has 0 bridgehead atoms. The van der Waals surface area contributed by atoms with Crippen molar-refractivity contribution in [2.24, 2.45) is 0 Å². The SMILES string of the molecule is COc1cc(C#Cc2ccccc2C#Cc2ccc(O)c(OC)c2)ccc1O. The molecular formula is C24H18O4. The standard InChI is InChI=1S/C24H18O4/c1-27-23-15-17(9-13-21(23)25)7-11-19-5-3-4-6-20(19)12-8-18-10-14-22(26)24(16-18)28-2/h3-6,9-10,13-16,25-26H,1-2H3. The van der Waals surface area contributed by atoms with Crippen LogP contribution in [0.15, 0.2) is 60.7 Å². The fraction of sp³-hybridized carbons (Fsp3) is 0.0833. The molecule has 2 N–H and O–H groups in total. The fourth-order valence-electron chi connectivity index (χ4n) is 2.49. The summed E-state index contributed by atoms with van der Waals surface area (Å²) in [7, 11) is 2.99. The Morgan fingerprint density at radius 3 is 1.43 bits per heavy atom. The molecule has 0 unspecified atom stereocenters. The average Bonchev–Trinajstić information content (AvgIpc) is 2.73. The number of phenolic OH excluding ortho intramolecular Hbond substituents is 2. The van der Waals surface area contributed by atoms with Crippen LogP contribution in [0.25, 0.3) is 0 Å². The largest absolute Gasteiger partial charge is 0.504 e. The van der Waals surface area contributed by atoms with Gasteiger partial charge in [-0.05, 0) is 48.5 Å². The zero-order valence-electron chi connectivity index (χ0n) is 15.5. The molecule has 0 heterocycles. The molecule has 0 fully saturated rings. The first-order valence-electron chi connectivity index (χ1n) is 8.48. The van der Waals surface area contributed by atoms with E-state index in [1.54, 1.807) is 36.4 Å². The Morgan fingerprint density at radius 1 is 0.607 bits per heavy atom. The van der Waals surface area contributed by atoms with Gasteiger partial charge in [0.1, 0.15) is 0 Å². The molecule has 0 aliphatic heterocycles. The normalized spacial score (nSPS) is 9.50. The van der Waals surface area contributed by atoms with Crippen molar-refractivity contribution in [3.8, 4) is 46.7 Å². The van der Waals surface area contributed by atoms with Gasteiger partial charge in [-0.1, -0.05) is 35.8 Å². The topological polar surface area (TPSA) is 58.9 Å². The Kier molecular flexibility index (Phi) is 5.75. The summed E-state index contributed by atoms with van der Waals surface area (Å²) in [5.74, 6) is 13.3. The second-order valence-corrected chi connectivity index (χ2v) is 5.82. The van der Waals surface area contributed by atoms with Gasteiger partial charge in [0, 0.05) is 22.3 Å². The summed E-state index contributed by atoms with van der Waals surface area (Å²) in [5.41, 5.74) is 3.02. The van der Waals surface area contributed by atoms with Gasteiger partial charge >= 0.3 is 0 Å². The third-order valence-electron chi connectivity index (χ3n) is 3.97. The van der Waals surface area contributed by atoms with E-state index in [-0.39, 0.29) is 11.5 Å². The first-order valence-corrected chi connectivity index (χ1v) is 8.48. The molecule has 3 rings (SSSR count). The summed E-state index contributed by atoms with van der Waals surface area (Å²) < 4.78 is 10.2. The zero-order chi connectivity index (χ0) is 19.9. The number of hydrogen-bond acceptors (Lipinski definition) is 4. The molecule has 0 radical (unpaired) electrons. The third kappa shape index (κ3) is 4.38. The molecule has 0 atom stereocenters. The van der Waals surface area contributed by atoms with Crippen LogP contribution in [-0.2, 0) is 0 Å². The van der Waals surface area contributed by atoms with Gasteiger partial charge in [0.15, 0.2) is 23.0 Å². The predicted octanol–water partition coefficient (Wildman–Crippen LogP) is 3.91. The van der Waals surface area contributed by atoms with Crippen LogP contribution in [0.3, 0.4) is 0 Å². The predicted molar refractivity (Wildman–Crippen MR) is 108 cm³/mol. The summed E-state index contributed by atoms with van der Waals surface area (Å²) in [6.07, 6.45) is 0.